The van der Waals surface area contributed by atoms with Crippen molar-refractivity contribution in [2.75, 3.05) is 13.6 Å². The molecule has 0 amide bonds. The fourth-order valence-corrected chi connectivity index (χ4v) is 6.37. The Balaban J connectivity index is 1.25. The Morgan fingerprint density at radius 2 is 1.68 bits per heavy atom. The number of hydrogen-bond acceptors (Lipinski definition) is 4. The second kappa shape index (κ2) is 5.94. The third-order valence-corrected chi connectivity index (χ3v) is 6.67. The van der Waals surface area contributed by atoms with Gasteiger partial charge < -0.3 is 4.52 Å². The SMILES string of the molecule is CN(Cc1noc(-c2ccccc2)n1)CC12CC3CC(CC(C3)C1)C2. The van der Waals surface area contributed by atoms with Crippen LogP contribution in [0.1, 0.15) is 44.3 Å². The van der Waals surface area contributed by atoms with Crippen LogP contribution in [0.2, 0.25) is 0 Å². The van der Waals surface area contributed by atoms with Crippen LogP contribution in [0.15, 0.2) is 34.9 Å². The molecule has 4 bridgehead atoms. The normalized spacial score (nSPS) is 33.3. The van der Waals surface area contributed by atoms with E-state index in [0.29, 0.717) is 11.3 Å². The highest BCUT2D eigenvalue weighted by molar-refractivity contribution is 5.51. The van der Waals surface area contributed by atoms with E-state index in [1.54, 1.807) is 0 Å². The Morgan fingerprint density at radius 3 is 2.32 bits per heavy atom. The van der Waals surface area contributed by atoms with E-state index < -0.39 is 0 Å². The highest BCUT2D eigenvalue weighted by Gasteiger charge is 2.50. The Hall–Kier alpha value is -1.68. The Labute approximate surface area is 149 Å². The van der Waals surface area contributed by atoms with Crippen LogP contribution in [0.25, 0.3) is 11.5 Å². The van der Waals surface area contributed by atoms with Gasteiger partial charge in [-0.15, -0.1) is 0 Å². The zero-order chi connectivity index (χ0) is 16.9. The first kappa shape index (κ1) is 15.6. The van der Waals surface area contributed by atoms with Crippen LogP contribution >= 0.6 is 0 Å². The highest BCUT2D eigenvalue weighted by atomic mass is 16.5. The van der Waals surface area contributed by atoms with Crippen LogP contribution in [-0.2, 0) is 6.54 Å². The largest absolute Gasteiger partial charge is 0.334 e. The van der Waals surface area contributed by atoms with Gasteiger partial charge in [-0.1, -0.05) is 23.4 Å². The van der Waals surface area contributed by atoms with E-state index in [0.717, 1.165) is 35.7 Å². The molecule has 2 aromatic rings. The van der Waals surface area contributed by atoms with E-state index in [-0.39, 0.29) is 0 Å². The van der Waals surface area contributed by atoms with Crippen molar-refractivity contribution in [2.45, 2.75) is 45.1 Å². The summed E-state index contributed by atoms with van der Waals surface area (Å²) in [6, 6.07) is 10.0. The smallest absolute Gasteiger partial charge is 0.257 e. The molecule has 0 unspecified atom stereocenters. The van der Waals surface area contributed by atoms with E-state index in [1.165, 1.54) is 45.1 Å². The molecule has 0 N–H and O–H groups in total. The molecule has 0 aliphatic heterocycles. The summed E-state index contributed by atoms with van der Waals surface area (Å²) in [5.41, 5.74) is 1.56. The molecule has 4 heteroatoms. The first-order chi connectivity index (χ1) is 12.2. The van der Waals surface area contributed by atoms with Gasteiger partial charge in [0.25, 0.3) is 5.89 Å². The van der Waals surface area contributed by atoms with Crippen molar-refractivity contribution in [3.63, 3.8) is 0 Å². The number of aromatic nitrogens is 2. The standard InChI is InChI=1S/C21H27N3O/c1-24(13-19-22-20(25-23-19)18-5-3-2-4-6-18)14-21-10-15-7-16(11-21)9-17(8-15)12-21/h2-6,15-17H,7-14H2,1H3. The molecular weight excluding hydrogens is 310 g/mol. The predicted molar refractivity (Wildman–Crippen MR) is 96.7 cm³/mol. The van der Waals surface area contributed by atoms with Gasteiger partial charge in [-0.3, -0.25) is 4.90 Å². The third-order valence-electron chi connectivity index (χ3n) is 6.67. The van der Waals surface area contributed by atoms with E-state index in [4.69, 9.17) is 4.52 Å². The minimum absolute atomic E-state index is 0.565. The maximum Gasteiger partial charge on any atom is 0.257 e. The maximum absolute atomic E-state index is 5.46. The molecule has 4 saturated carbocycles. The average molecular weight is 337 g/mol. The van der Waals surface area contributed by atoms with Crippen molar-refractivity contribution >= 4 is 0 Å². The second-order valence-corrected chi connectivity index (χ2v) is 8.97. The molecule has 25 heavy (non-hydrogen) atoms. The van der Waals surface area contributed by atoms with Crippen molar-refractivity contribution in [3.05, 3.63) is 36.2 Å². The van der Waals surface area contributed by atoms with Crippen molar-refractivity contribution in [1.29, 1.82) is 0 Å². The van der Waals surface area contributed by atoms with Gasteiger partial charge in [0.1, 0.15) is 0 Å². The van der Waals surface area contributed by atoms with Crippen LogP contribution in [-0.4, -0.2) is 28.6 Å². The fraction of sp³-hybridized carbons (Fsp3) is 0.619. The summed E-state index contributed by atoms with van der Waals surface area (Å²) in [4.78, 5) is 7.02. The van der Waals surface area contributed by atoms with Crippen molar-refractivity contribution in [1.82, 2.24) is 15.0 Å². The molecule has 0 saturated heterocycles. The van der Waals surface area contributed by atoms with Gasteiger partial charge in [-0.05, 0) is 80.9 Å². The van der Waals surface area contributed by atoms with E-state index in [2.05, 4.69) is 22.1 Å². The summed E-state index contributed by atoms with van der Waals surface area (Å²) >= 11 is 0. The predicted octanol–water partition coefficient (Wildman–Crippen LogP) is 4.38. The van der Waals surface area contributed by atoms with Crippen LogP contribution in [0.3, 0.4) is 0 Å². The zero-order valence-electron chi connectivity index (χ0n) is 15.0. The molecule has 4 fully saturated rings. The molecule has 0 spiro atoms. The zero-order valence-corrected chi connectivity index (χ0v) is 15.0. The van der Waals surface area contributed by atoms with E-state index in [1.807, 2.05) is 30.3 Å². The van der Waals surface area contributed by atoms with Gasteiger partial charge in [0.15, 0.2) is 5.82 Å². The lowest BCUT2D eigenvalue weighted by Crippen LogP contribution is -2.50. The Bertz CT molecular complexity index is 703. The molecule has 132 valence electrons. The van der Waals surface area contributed by atoms with E-state index >= 15 is 0 Å². The summed E-state index contributed by atoms with van der Waals surface area (Å²) < 4.78 is 5.46. The lowest BCUT2D eigenvalue weighted by atomic mass is 9.49. The van der Waals surface area contributed by atoms with Crippen molar-refractivity contribution < 1.29 is 4.52 Å². The molecule has 1 heterocycles. The minimum atomic E-state index is 0.565. The highest BCUT2D eigenvalue weighted by Crippen LogP contribution is 2.60. The van der Waals surface area contributed by atoms with Crippen molar-refractivity contribution in [2.24, 2.45) is 23.2 Å². The molecule has 0 atom stereocenters. The summed E-state index contributed by atoms with van der Waals surface area (Å²) in [5.74, 6) is 4.45. The monoisotopic (exact) mass is 337 g/mol. The van der Waals surface area contributed by atoms with Crippen LogP contribution in [0.5, 0.6) is 0 Å². The molecule has 1 aromatic carbocycles. The van der Waals surface area contributed by atoms with Crippen LogP contribution < -0.4 is 0 Å². The molecule has 4 nitrogen and oxygen atoms in total. The number of nitrogens with zero attached hydrogens (tertiary/aromatic N) is 3. The Morgan fingerprint density at radius 1 is 1.04 bits per heavy atom. The van der Waals surface area contributed by atoms with Crippen LogP contribution in [0.4, 0.5) is 0 Å². The minimum Gasteiger partial charge on any atom is -0.334 e. The summed E-state index contributed by atoms with van der Waals surface area (Å²) in [7, 11) is 2.22. The third kappa shape index (κ3) is 3.01. The Kier molecular flexibility index (Phi) is 3.70. The fourth-order valence-electron chi connectivity index (χ4n) is 6.37. The molecule has 6 rings (SSSR count). The van der Waals surface area contributed by atoms with Gasteiger partial charge in [-0.25, -0.2) is 0 Å². The quantitative estimate of drug-likeness (QED) is 0.812. The molecule has 4 aliphatic carbocycles. The first-order valence-electron chi connectivity index (χ1n) is 9.74. The molecule has 0 radical (unpaired) electrons. The maximum atomic E-state index is 5.46. The summed E-state index contributed by atoms with van der Waals surface area (Å²) in [5, 5.41) is 4.20. The van der Waals surface area contributed by atoms with E-state index in [9.17, 15) is 0 Å². The summed E-state index contributed by atoms with van der Waals surface area (Å²) in [6.45, 7) is 1.96. The van der Waals surface area contributed by atoms with Crippen molar-refractivity contribution in [3.8, 4) is 11.5 Å². The first-order valence-corrected chi connectivity index (χ1v) is 9.74. The van der Waals surface area contributed by atoms with Gasteiger partial charge in [-0.2, -0.15) is 4.98 Å². The van der Waals surface area contributed by atoms with Gasteiger partial charge in [0.2, 0.25) is 0 Å². The van der Waals surface area contributed by atoms with Crippen LogP contribution in [0, 0.1) is 23.2 Å². The average Bonchev–Trinajstić information content (AvgIpc) is 3.02. The number of hydrogen-bond donors (Lipinski definition) is 0. The molecule has 4 aliphatic rings. The lowest BCUT2D eigenvalue weighted by Gasteiger charge is -2.57. The topological polar surface area (TPSA) is 42.2 Å². The lowest BCUT2D eigenvalue weighted by molar-refractivity contribution is -0.0672. The second-order valence-electron chi connectivity index (χ2n) is 8.97. The number of rotatable bonds is 5. The molecular formula is C21H27N3O. The molecule has 1 aromatic heterocycles. The van der Waals surface area contributed by atoms with Gasteiger partial charge in [0.05, 0.1) is 6.54 Å². The van der Waals surface area contributed by atoms with Gasteiger partial charge in [0, 0.05) is 12.1 Å². The summed E-state index contributed by atoms with van der Waals surface area (Å²) in [6.07, 6.45) is 8.87. The number of benzene rings is 1. The van der Waals surface area contributed by atoms with Gasteiger partial charge >= 0.3 is 0 Å².